The second-order valence-electron chi connectivity index (χ2n) is 7.29. The molecule has 4 rings (SSSR count). The normalized spacial score (nSPS) is 16.4. The molecule has 162 valence electrons. The first kappa shape index (κ1) is 21.3. The molecule has 0 bridgehead atoms. The van der Waals surface area contributed by atoms with Gasteiger partial charge in [0.2, 0.25) is 5.91 Å². The Hall–Kier alpha value is -2.97. The van der Waals surface area contributed by atoms with Gasteiger partial charge >= 0.3 is 0 Å². The van der Waals surface area contributed by atoms with E-state index in [4.69, 9.17) is 15.2 Å². The molecule has 0 radical (unpaired) electrons. The average molecular weight is 443 g/mol. The van der Waals surface area contributed by atoms with Crippen LogP contribution in [0.5, 0.6) is 5.75 Å². The van der Waals surface area contributed by atoms with Gasteiger partial charge in [-0.25, -0.2) is 4.39 Å². The molecule has 8 heteroatoms. The molecular weight excluding hydrogens is 419 g/mol. The van der Waals surface area contributed by atoms with E-state index in [0.717, 1.165) is 15.6 Å². The summed E-state index contributed by atoms with van der Waals surface area (Å²) in [6.45, 7) is 1.47. The number of para-hydroxylation sites is 1. The topological polar surface area (TPSA) is 81.9 Å². The maximum atomic E-state index is 13.6. The molecule has 2 N–H and O–H groups in total. The maximum Gasteiger partial charge on any atom is 0.259 e. The Bertz CT molecular complexity index is 1100. The van der Waals surface area contributed by atoms with E-state index >= 15 is 0 Å². The Morgan fingerprint density at radius 3 is 2.77 bits per heavy atom. The fourth-order valence-corrected chi connectivity index (χ4v) is 4.85. The summed E-state index contributed by atoms with van der Waals surface area (Å²) in [6.07, 6.45) is 0.350. The molecule has 1 saturated heterocycles. The van der Waals surface area contributed by atoms with Gasteiger partial charge in [-0.05, 0) is 30.0 Å². The van der Waals surface area contributed by atoms with Crippen LogP contribution >= 0.6 is 11.3 Å². The van der Waals surface area contributed by atoms with Crippen LogP contribution in [-0.2, 0) is 9.53 Å². The summed E-state index contributed by atoms with van der Waals surface area (Å²) >= 11 is 1.35. The minimum absolute atomic E-state index is 0.0226. The van der Waals surface area contributed by atoms with E-state index in [1.807, 2.05) is 24.3 Å². The van der Waals surface area contributed by atoms with Crippen molar-refractivity contribution in [1.29, 1.82) is 0 Å². The third-order valence-corrected chi connectivity index (χ3v) is 6.43. The highest BCUT2D eigenvalue weighted by atomic mass is 32.1. The lowest BCUT2D eigenvalue weighted by Crippen LogP contribution is -2.42. The number of nitrogens with two attached hydrogens (primary N) is 1. The number of carbonyl (C=O) groups is 2. The number of ether oxygens (including phenoxy) is 2. The quantitative estimate of drug-likeness (QED) is 0.563. The number of hydrogen-bond donors (Lipinski definition) is 1. The lowest BCUT2D eigenvalue weighted by Gasteiger charge is -2.33. The third kappa shape index (κ3) is 4.70. The van der Waals surface area contributed by atoms with E-state index in [2.05, 4.69) is 0 Å². The zero-order chi connectivity index (χ0) is 21.8. The molecule has 1 fully saturated rings. The third-order valence-electron chi connectivity index (χ3n) is 5.23. The van der Waals surface area contributed by atoms with Crippen molar-refractivity contribution in [3.63, 3.8) is 0 Å². The Morgan fingerprint density at radius 2 is 1.97 bits per heavy atom. The summed E-state index contributed by atoms with van der Waals surface area (Å²) in [4.78, 5) is 27.0. The largest absolute Gasteiger partial charge is 0.491 e. The van der Waals surface area contributed by atoms with Crippen LogP contribution in [0.15, 0.2) is 48.5 Å². The van der Waals surface area contributed by atoms with Crippen LogP contribution in [0.1, 0.15) is 34.2 Å². The van der Waals surface area contributed by atoms with E-state index in [0.29, 0.717) is 31.0 Å². The zero-order valence-electron chi connectivity index (χ0n) is 16.9. The molecule has 2 aromatic carbocycles. The SMILES string of the molecule is NC(=O)c1sc2ccccc2c1C1CN(C(=O)CCCOc2ccccc2F)CCO1. The highest BCUT2D eigenvalue weighted by Gasteiger charge is 2.30. The number of thiophene rings is 1. The number of carbonyl (C=O) groups excluding carboxylic acids is 2. The van der Waals surface area contributed by atoms with Crippen LogP contribution < -0.4 is 10.5 Å². The van der Waals surface area contributed by atoms with E-state index in [1.54, 1.807) is 23.1 Å². The average Bonchev–Trinajstić information content (AvgIpc) is 3.18. The molecule has 3 aromatic rings. The second-order valence-corrected chi connectivity index (χ2v) is 8.34. The van der Waals surface area contributed by atoms with Gasteiger partial charge in [0.1, 0.15) is 6.10 Å². The molecule has 31 heavy (non-hydrogen) atoms. The smallest absolute Gasteiger partial charge is 0.259 e. The van der Waals surface area contributed by atoms with Gasteiger partial charge in [0, 0.05) is 23.2 Å². The monoisotopic (exact) mass is 442 g/mol. The Balaban J connectivity index is 1.39. The van der Waals surface area contributed by atoms with Crippen LogP contribution in [0, 0.1) is 5.82 Å². The van der Waals surface area contributed by atoms with Gasteiger partial charge < -0.3 is 20.1 Å². The molecule has 2 amide bonds. The molecule has 1 aliphatic heterocycles. The Morgan fingerprint density at radius 1 is 1.19 bits per heavy atom. The number of primary amides is 1. The molecule has 0 spiro atoms. The first-order valence-corrected chi connectivity index (χ1v) is 10.9. The first-order chi connectivity index (χ1) is 15.0. The lowest BCUT2D eigenvalue weighted by molar-refractivity contribution is -0.139. The molecule has 1 unspecified atom stereocenters. The van der Waals surface area contributed by atoms with Gasteiger partial charge in [-0.1, -0.05) is 30.3 Å². The Kier molecular flexibility index (Phi) is 6.48. The summed E-state index contributed by atoms with van der Waals surface area (Å²) in [5, 5.41) is 0.930. The summed E-state index contributed by atoms with van der Waals surface area (Å²) in [5.74, 6) is -0.748. The minimum Gasteiger partial charge on any atom is -0.491 e. The molecular formula is C23H23FN2O4S. The molecule has 1 atom stereocenters. The maximum absolute atomic E-state index is 13.6. The molecule has 6 nitrogen and oxygen atoms in total. The number of amides is 2. The summed E-state index contributed by atoms with van der Waals surface area (Å²) in [5.41, 5.74) is 6.37. The molecule has 0 aliphatic carbocycles. The van der Waals surface area contributed by atoms with Crippen LogP contribution in [0.25, 0.3) is 10.1 Å². The van der Waals surface area contributed by atoms with Crippen molar-refractivity contribution in [1.82, 2.24) is 4.90 Å². The summed E-state index contributed by atoms with van der Waals surface area (Å²) in [7, 11) is 0. The van der Waals surface area contributed by atoms with Crippen LogP contribution in [0.2, 0.25) is 0 Å². The van der Waals surface area contributed by atoms with Gasteiger partial charge in [0.05, 0.1) is 24.6 Å². The number of halogens is 1. The standard InChI is InChI=1S/C23H23FN2O4S/c24-16-7-2-3-8-17(16)29-12-5-10-20(27)26-11-13-30-18(14-26)21-15-6-1-4-9-19(15)31-22(21)23(25)28/h1-4,6-9,18H,5,10-14H2,(H2,25,28). The predicted octanol–water partition coefficient (Wildman–Crippen LogP) is 3.90. The van der Waals surface area contributed by atoms with Gasteiger partial charge in [0.15, 0.2) is 11.6 Å². The van der Waals surface area contributed by atoms with Gasteiger partial charge in [-0.2, -0.15) is 0 Å². The van der Waals surface area contributed by atoms with Crippen LogP contribution in [0.3, 0.4) is 0 Å². The van der Waals surface area contributed by atoms with Crippen molar-refractivity contribution in [3.05, 3.63) is 64.8 Å². The van der Waals surface area contributed by atoms with E-state index in [-0.39, 0.29) is 24.7 Å². The number of benzene rings is 2. The van der Waals surface area contributed by atoms with Gasteiger partial charge in [0.25, 0.3) is 5.91 Å². The highest BCUT2D eigenvalue weighted by molar-refractivity contribution is 7.21. The van der Waals surface area contributed by atoms with Crippen molar-refractivity contribution in [3.8, 4) is 5.75 Å². The fraction of sp³-hybridized carbons (Fsp3) is 0.304. The zero-order valence-corrected chi connectivity index (χ0v) is 17.7. The Labute approximate surface area is 183 Å². The highest BCUT2D eigenvalue weighted by Crippen LogP contribution is 2.38. The van der Waals surface area contributed by atoms with Crippen molar-refractivity contribution >= 4 is 33.2 Å². The molecule has 1 aliphatic rings. The summed E-state index contributed by atoms with van der Waals surface area (Å²) in [6, 6.07) is 13.9. The van der Waals surface area contributed by atoms with E-state index in [1.165, 1.54) is 17.4 Å². The number of nitrogens with zero attached hydrogens (tertiary/aromatic N) is 1. The predicted molar refractivity (Wildman–Crippen MR) is 117 cm³/mol. The number of morpholine rings is 1. The molecule has 0 saturated carbocycles. The fourth-order valence-electron chi connectivity index (χ4n) is 3.74. The van der Waals surface area contributed by atoms with Crippen molar-refractivity contribution in [2.24, 2.45) is 5.73 Å². The minimum atomic E-state index is -0.492. The molecule has 1 aromatic heterocycles. The van der Waals surface area contributed by atoms with Crippen molar-refractivity contribution in [2.45, 2.75) is 18.9 Å². The summed E-state index contributed by atoms with van der Waals surface area (Å²) < 4.78 is 25.9. The molecule has 2 heterocycles. The van der Waals surface area contributed by atoms with Crippen molar-refractivity contribution < 1.29 is 23.5 Å². The number of rotatable bonds is 7. The van der Waals surface area contributed by atoms with E-state index < -0.39 is 17.8 Å². The lowest BCUT2D eigenvalue weighted by atomic mass is 10.0. The van der Waals surface area contributed by atoms with Crippen LogP contribution in [0.4, 0.5) is 4.39 Å². The van der Waals surface area contributed by atoms with Crippen LogP contribution in [-0.4, -0.2) is 43.0 Å². The number of hydrogen-bond acceptors (Lipinski definition) is 5. The van der Waals surface area contributed by atoms with Gasteiger partial charge in [-0.15, -0.1) is 11.3 Å². The second kappa shape index (κ2) is 9.45. The van der Waals surface area contributed by atoms with Crippen molar-refractivity contribution in [2.75, 3.05) is 26.3 Å². The number of fused-ring (bicyclic) bond motifs is 1. The first-order valence-electron chi connectivity index (χ1n) is 10.1. The van der Waals surface area contributed by atoms with Gasteiger partial charge in [-0.3, -0.25) is 9.59 Å². The van der Waals surface area contributed by atoms with E-state index in [9.17, 15) is 14.0 Å².